The minimum atomic E-state index is 0.201. The van der Waals surface area contributed by atoms with Gasteiger partial charge in [-0.05, 0) is 29.0 Å². The predicted molar refractivity (Wildman–Crippen MR) is 62.0 cm³/mol. The van der Waals surface area contributed by atoms with Crippen molar-refractivity contribution < 1.29 is 5.11 Å². The molecule has 2 aromatic rings. The second-order valence-electron chi connectivity index (χ2n) is 3.03. The Morgan fingerprint density at radius 3 is 3.00 bits per heavy atom. The van der Waals surface area contributed by atoms with E-state index in [-0.39, 0.29) is 6.61 Å². The Balaban J connectivity index is 2.36. The number of aliphatic hydroxyl groups excluding tert-OH is 1. The number of imidazole rings is 1. The molecule has 2 heterocycles. The first kappa shape index (κ1) is 9.85. The fourth-order valence-electron chi connectivity index (χ4n) is 1.32. The Hall–Kier alpha value is -0.690. The van der Waals surface area contributed by atoms with E-state index in [1.54, 1.807) is 12.4 Å². The molecule has 2 rings (SSSR count). The second-order valence-corrected chi connectivity index (χ2v) is 4.19. The maximum Gasteiger partial charge on any atom is 0.107 e. The van der Waals surface area contributed by atoms with Gasteiger partial charge < -0.3 is 10.1 Å². The van der Waals surface area contributed by atoms with E-state index in [0.717, 1.165) is 33.3 Å². The van der Waals surface area contributed by atoms with Crippen molar-refractivity contribution in [1.82, 2.24) is 15.0 Å². The van der Waals surface area contributed by atoms with Gasteiger partial charge in [0.15, 0.2) is 0 Å². The van der Waals surface area contributed by atoms with Crippen LogP contribution in [0.2, 0.25) is 0 Å². The average Bonchev–Trinajstić information content (AvgIpc) is 2.59. The van der Waals surface area contributed by atoms with Crippen molar-refractivity contribution in [2.75, 3.05) is 6.61 Å². The Morgan fingerprint density at radius 2 is 2.29 bits per heavy atom. The minimum absolute atomic E-state index is 0.201. The molecular formula is C9H10IN3O. The van der Waals surface area contributed by atoms with Crippen LogP contribution in [0.15, 0.2) is 12.4 Å². The number of halogens is 1. The fourth-order valence-corrected chi connectivity index (χ4v) is 1.89. The number of aryl methyl sites for hydroxylation is 1. The summed E-state index contributed by atoms with van der Waals surface area (Å²) in [6.07, 6.45) is 5.08. The number of aromatic nitrogens is 3. The van der Waals surface area contributed by atoms with E-state index in [2.05, 4.69) is 37.5 Å². The van der Waals surface area contributed by atoms with Gasteiger partial charge in [0.1, 0.15) is 11.3 Å². The van der Waals surface area contributed by atoms with Crippen molar-refractivity contribution in [3.05, 3.63) is 21.8 Å². The van der Waals surface area contributed by atoms with E-state index in [4.69, 9.17) is 5.11 Å². The smallest absolute Gasteiger partial charge is 0.107 e. The third kappa shape index (κ3) is 1.88. The molecule has 0 atom stereocenters. The van der Waals surface area contributed by atoms with Gasteiger partial charge in [0, 0.05) is 19.2 Å². The first-order valence-corrected chi connectivity index (χ1v) is 5.48. The lowest BCUT2D eigenvalue weighted by molar-refractivity contribution is 0.287. The summed E-state index contributed by atoms with van der Waals surface area (Å²) in [5, 5.41) is 8.70. The quantitative estimate of drug-likeness (QED) is 0.845. The molecule has 5 heteroatoms. The van der Waals surface area contributed by atoms with Gasteiger partial charge in [0.25, 0.3) is 0 Å². The first-order chi connectivity index (χ1) is 6.81. The van der Waals surface area contributed by atoms with Crippen LogP contribution in [-0.2, 0) is 6.42 Å². The molecule has 4 nitrogen and oxygen atoms in total. The number of nitrogens with one attached hydrogen (secondary N) is 1. The van der Waals surface area contributed by atoms with Crippen LogP contribution < -0.4 is 0 Å². The van der Waals surface area contributed by atoms with Gasteiger partial charge in [-0.1, -0.05) is 0 Å². The Morgan fingerprint density at radius 1 is 1.43 bits per heavy atom. The van der Waals surface area contributed by atoms with Crippen molar-refractivity contribution in [2.45, 2.75) is 12.8 Å². The van der Waals surface area contributed by atoms with Crippen LogP contribution in [0, 0.1) is 3.57 Å². The van der Waals surface area contributed by atoms with Gasteiger partial charge in [-0.2, -0.15) is 0 Å². The van der Waals surface area contributed by atoms with Crippen LogP contribution in [0.3, 0.4) is 0 Å². The van der Waals surface area contributed by atoms with Crippen LogP contribution in [-0.4, -0.2) is 26.7 Å². The van der Waals surface area contributed by atoms with E-state index in [0.29, 0.717) is 0 Å². The van der Waals surface area contributed by atoms with E-state index < -0.39 is 0 Å². The molecular weight excluding hydrogens is 293 g/mol. The highest BCUT2D eigenvalue weighted by Gasteiger charge is 2.05. The van der Waals surface area contributed by atoms with E-state index >= 15 is 0 Å². The lowest BCUT2D eigenvalue weighted by atomic mass is 10.3. The Bertz CT molecular complexity index is 441. The lowest BCUT2D eigenvalue weighted by Crippen LogP contribution is -1.91. The van der Waals surface area contributed by atoms with Gasteiger partial charge in [-0.3, -0.25) is 4.98 Å². The Kier molecular flexibility index (Phi) is 2.97. The van der Waals surface area contributed by atoms with Gasteiger partial charge in [-0.15, -0.1) is 0 Å². The highest BCUT2D eigenvalue weighted by atomic mass is 127. The van der Waals surface area contributed by atoms with E-state index in [1.807, 2.05) is 0 Å². The van der Waals surface area contributed by atoms with Crippen molar-refractivity contribution in [3.8, 4) is 0 Å². The molecule has 0 radical (unpaired) electrons. The Labute approximate surface area is 94.9 Å². The molecule has 0 aliphatic rings. The molecule has 2 N–H and O–H groups in total. The third-order valence-electron chi connectivity index (χ3n) is 1.97. The molecule has 0 aliphatic heterocycles. The number of aliphatic hydroxyl groups is 1. The molecule has 0 unspecified atom stereocenters. The standard InChI is InChI=1S/C9H10IN3O/c10-6-4-11-5-7-9(6)13-8(12-7)2-1-3-14/h4-5,14H,1-3H2,(H,12,13). The number of hydrogen-bond donors (Lipinski definition) is 2. The molecule has 0 amide bonds. The summed E-state index contributed by atoms with van der Waals surface area (Å²) in [6, 6.07) is 0. The van der Waals surface area contributed by atoms with Gasteiger partial charge in [-0.25, -0.2) is 4.98 Å². The van der Waals surface area contributed by atoms with Crippen molar-refractivity contribution in [3.63, 3.8) is 0 Å². The topological polar surface area (TPSA) is 61.8 Å². The SMILES string of the molecule is OCCCc1nc2c(I)cncc2[nH]1. The summed E-state index contributed by atoms with van der Waals surface area (Å²) >= 11 is 2.21. The molecule has 0 bridgehead atoms. The number of pyridine rings is 1. The van der Waals surface area contributed by atoms with Crippen LogP contribution in [0.1, 0.15) is 12.2 Å². The first-order valence-electron chi connectivity index (χ1n) is 4.40. The highest BCUT2D eigenvalue weighted by Crippen LogP contribution is 2.16. The largest absolute Gasteiger partial charge is 0.396 e. The molecule has 0 fully saturated rings. The lowest BCUT2D eigenvalue weighted by Gasteiger charge is -1.90. The summed E-state index contributed by atoms with van der Waals surface area (Å²) in [6.45, 7) is 0.201. The number of nitrogens with zero attached hydrogens (tertiary/aromatic N) is 2. The van der Waals surface area contributed by atoms with Crippen LogP contribution in [0.5, 0.6) is 0 Å². The van der Waals surface area contributed by atoms with Crippen molar-refractivity contribution in [1.29, 1.82) is 0 Å². The van der Waals surface area contributed by atoms with Gasteiger partial charge >= 0.3 is 0 Å². The van der Waals surface area contributed by atoms with Crippen LogP contribution in [0.25, 0.3) is 11.0 Å². The van der Waals surface area contributed by atoms with Crippen molar-refractivity contribution >= 4 is 33.6 Å². The molecule has 14 heavy (non-hydrogen) atoms. The predicted octanol–water partition coefficient (Wildman–Crippen LogP) is 1.49. The zero-order valence-electron chi connectivity index (χ0n) is 7.50. The number of hydrogen-bond acceptors (Lipinski definition) is 3. The third-order valence-corrected chi connectivity index (χ3v) is 2.76. The number of rotatable bonds is 3. The van der Waals surface area contributed by atoms with E-state index in [1.165, 1.54) is 0 Å². The maximum absolute atomic E-state index is 8.70. The number of H-pyrrole nitrogens is 1. The zero-order chi connectivity index (χ0) is 9.97. The molecule has 0 saturated heterocycles. The van der Waals surface area contributed by atoms with Gasteiger partial charge in [0.2, 0.25) is 0 Å². The monoisotopic (exact) mass is 303 g/mol. The van der Waals surface area contributed by atoms with Crippen LogP contribution in [0.4, 0.5) is 0 Å². The van der Waals surface area contributed by atoms with Crippen LogP contribution >= 0.6 is 22.6 Å². The second kappa shape index (κ2) is 4.22. The molecule has 0 spiro atoms. The normalized spacial score (nSPS) is 11.0. The summed E-state index contributed by atoms with van der Waals surface area (Å²) in [5.41, 5.74) is 1.93. The molecule has 0 saturated carbocycles. The number of fused-ring (bicyclic) bond motifs is 1. The highest BCUT2D eigenvalue weighted by molar-refractivity contribution is 14.1. The molecule has 0 aromatic carbocycles. The minimum Gasteiger partial charge on any atom is -0.396 e. The van der Waals surface area contributed by atoms with Gasteiger partial charge in [0.05, 0.1) is 15.3 Å². The zero-order valence-corrected chi connectivity index (χ0v) is 9.65. The molecule has 0 aliphatic carbocycles. The average molecular weight is 303 g/mol. The molecule has 2 aromatic heterocycles. The summed E-state index contributed by atoms with van der Waals surface area (Å²) in [5.74, 6) is 0.917. The summed E-state index contributed by atoms with van der Waals surface area (Å²) in [4.78, 5) is 11.7. The summed E-state index contributed by atoms with van der Waals surface area (Å²) < 4.78 is 1.05. The molecule has 74 valence electrons. The summed E-state index contributed by atoms with van der Waals surface area (Å²) in [7, 11) is 0. The fraction of sp³-hybridized carbons (Fsp3) is 0.333. The van der Waals surface area contributed by atoms with Crippen molar-refractivity contribution in [2.24, 2.45) is 0 Å². The maximum atomic E-state index is 8.70. The number of aromatic amines is 1. The van der Waals surface area contributed by atoms with E-state index in [9.17, 15) is 0 Å².